The van der Waals surface area contributed by atoms with Crippen molar-refractivity contribution in [2.24, 2.45) is 0 Å². The molecule has 0 fully saturated rings. The molecule has 0 saturated carbocycles. The first-order valence-corrected chi connectivity index (χ1v) is 7.70. The molecule has 0 saturated heterocycles. The van der Waals surface area contributed by atoms with Crippen LogP contribution in [0.5, 0.6) is 0 Å². The van der Waals surface area contributed by atoms with Gasteiger partial charge in [-0.1, -0.05) is 0 Å². The summed E-state index contributed by atoms with van der Waals surface area (Å²) >= 11 is 0. The summed E-state index contributed by atoms with van der Waals surface area (Å²) in [5.41, 5.74) is 1.09. The van der Waals surface area contributed by atoms with Crippen molar-refractivity contribution in [3.05, 3.63) is 30.1 Å². The maximum absolute atomic E-state index is 11.7. The van der Waals surface area contributed by atoms with Crippen LogP contribution in [0.4, 0.5) is 0 Å². The van der Waals surface area contributed by atoms with Crippen molar-refractivity contribution in [3.63, 3.8) is 0 Å². The molecule has 1 N–H and O–H groups in total. The minimum Gasteiger partial charge on any atom is -0.344 e. The number of carbonyl (C=O) groups is 1. The Morgan fingerprint density at radius 2 is 2.00 bits per heavy atom. The number of hydrogen-bond donors (Lipinski definition) is 1. The van der Waals surface area contributed by atoms with Crippen LogP contribution in [0.1, 0.15) is 12.5 Å². The predicted octanol–water partition coefficient (Wildman–Crippen LogP) is 0.0218. The van der Waals surface area contributed by atoms with Crippen molar-refractivity contribution in [1.82, 2.24) is 14.6 Å². The zero-order valence-corrected chi connectivity index (χ0v) is 12.0. The van der Waals surface area contributed by atoms with Crippen LogP contribution < -0.4 is 4.72 Å². The quantitative estimate of drug-likeness (QED) is 0.766. The molecule has 0 radical (unpaired) electrons. The third kappa shape index (κ3) is 5.80. The fourth-order valence-electron chi connectivity index (χ4n) is 1.38. The smallest absolute Gasteiger partial charge is 0.237 e. The molecule has 0 aliphatic carbocycles. The molecular weight excluding hydrogens is 266 g/mol. The average Bonchev–Trinajstić information content (AvgIpc) is 2.43. The lowest BCUT2D eigenvalue weighted by Gasteiger charge is -2.17. The molecule has 0 unspecified atom stereocenters. The zero-order valence-electron chi connectivity index (χ0n) is 11.2. The fraction of sp³-hybridized carbons (Fsp3) is 0.500. The Morgan fingerprint density at radius 3 is 2.58 bits per heavy atom. The summed E-state index contributed by atoms with van der Waals surface area (Å²) in [4.78, 5) is 17.1. The van der Waals surface area contributed by atoms with Crippen molar-refractivity contribution < 1.29 is 13.2 Å². The van der Waals surface area contributed by atoms with Gasteiger partial charge >= 0.3 is 0 Å². The van der Waals surface area contributed by atoms with E-state index in [0.29, 0.717) is 13.0 Å². The van der Waals surface area contributed by atoms with Crippen molar-refractivity contribution in [3.8, 4) is 0 Å². The highest BCUT2D eigenvalue weighted by atomic mass is 32.2. The number of carbonyl (C=O) groups excluding carboxylic acids is 1. The largest absolute Gasteiger partial charge is 0.344 e. The molecule has 6 nitrogen and oxygen atoms in total. The molecule has 7 heteroatoms. The second kappa shape index (κ2) is 7.20. The van der Waals surface area contributed by atoms with E-state index in [0.717, 1.165) is 5.56 Å². The molecule has 1 heterocycles. The third-order valence-electron chi connectivity index (χ3n) is 2.73. The van der Waals surface area contributed by atoms with E-state index in [9.17, 15) is 13.2 Å². The van der Waals surface area contributed by atoms with E-state index in [1.54, 1.807) is 19.4 Å². The second-order valence-corrected chi connectivity index (χ2v) is 6.24. The van der Waals surface area contributed by atoms with Crippen LogP contribution in [0.2, 0.25) is 0 Å². The number of nitrogens with one attached hydrogen (secondary N) is 1. The van der Waals surface area contributed by atoms with E-state index < -0.39 is 10.0 Å². The summed E-state index contributed by atoms with van der Waals surface area (Å²) < 4.78 is 24.7. The lowest BCUT2D eigenvalue weighted by Crippen LogP contribution is -2.39. The Kier molecular flexibility index (Phi) is 5.91. The number of likely N-dealkylation sites (N-methyl/N-ethyl adjacent to an activating group) is 1. The maximum atomic E-state index is 11.7. The topological polar surface area (TPSA) is 79.4 Å². The Labute approximate surface area is 113 Å². The molecule has 0 aliphatic rings. The van der Waals surface area contributed by atoms with Crippen LogP contribution in [-0.4, -0.2) is 50.1 Å². The molecule has 0 aliphatic heterocycles. The molecule has 19 heavy (non-hydrogen) atoms. The van der Waals surface area contributed by atoms with Gasteiger partial charge in [0, 0.05) is 26.0 Å². The van der Waals surface area contributed by atoms with E-state index >= 15 is 0 Å². The highest BCUT2D eigenvalue weighted by molar-refractivity contribution is 7.89. The lowest BCUT2D eigenvalue weighted by molar-refractivity contribution is -0.128. The van der Waals surface area contributed by atoms with Gasteiger partial charge in [-0.2, -0.15) is 0 Å². The SMILES string of the molecule is CCS(=O)(=O)NCC(=O)N(C)CCc1ccncc1. The Morgan fingerprint density at radius 1 is 1.37 bits per heavy atom. The fourth-order valence-corrected chi connectivity index (χ4v) is 1.93. The van der Waals surface area contributed by atoms with E-state index in [-0.39, 0.29) is 18.2 Å². The monoisotopic (exact) mass is 285 g/mol. The molecule has 1 aromatic rings. The Hall–Kier alpha value is -1.47. The molecule has 1 amide bonds. The predicted molar refractivity (Wildman–Crippen MR) is 73.0 cm³/mol. The van der Waals surface area contributed by atoms with Gasteiger partial charge in [-0.05, 0) is 31.0 Å². The normalized spacial score (nSPS) is 11.3. The number of amides is 1. The first-order chi connectivity index (χ1) is 8.94. The summed E-state index contributed by atoms with van der Waals surface area (Å²) in [6, 6.07) is 3.77. The molecule has 0 spiro atoms. The molecule has 106 valence electrons. The van der Waals surface area contributed by atoms with Gasteiger partial charge in [0.2, 0.25) is 15.9 Å². The van der Waals surface area contributed by atoms with Gasteiger partial charge in [-0.25, -0.2) is 13.1 Å². The first-order valence-electron chi connectivity index (χ1n) is 6.05. The third-order valence-corrected chi connectivity index (χ3v) is 4.08. The summed E-state index contributed by atoms with van der Waals surface area (Å²) in [5.74, 6) is -0.271. The summed E-state index contributed by atoms with van der Waals surface area (Å²) in [5, 5.41) is 0. The lowest BCUT2D eigenvalue weighted by atomic mass is 10.2. The minimum absolute atomic E-state index is 0.0268. The van der Waals surface area contributed by atoms with Crippen LogP contribution in [0, 0.1) is 0 Å². The van der Waals surface area contributed by atoms with Crippen molar-refractivity contribution in [1.29, 1.82) is 0 Å². The molecular formula is C12H19N3O3S. The molecule has 0 bridgehead atoms. The summed E-state index contributed by atoms with van der Waals surface area (Å²) in [6.45, 7) is 1.87. The molecule has 1 rings (SSSR count). The van der Waals surface area contributed by atoms with Gasteiger partial charge in [0.05, 0.1) is 12.3 Å². The van der Waals surface area contributed by atoms with Crippen LogP contribution in [0.25, 0.3) is 0 Å². The van der Waals surface area contributed by atoms with Crippen molar-refractivity contribution in [2.75, 3.05) is 25.9 Å². The van der Waals surface area contributed by atoms with E-state index in [1.807, 2.05) is 12.1 Å². The van der Waals surface area contributed by atoms with Gasteiger partial charge < -0.3 is 4.90 Å². The molecule has 1 aromatic heterocycles. The van der Waals surface area contributed by atoms with Crippen LogP contribution in [0.3, 0.4) is 0 Å². The number of sulfonamides is 1. The highest BCUT2D eigenvalue weighted by Gasteiger charge is 2.12. The molecule has 0 atom stereocenters. The molecule has 0 aromatic carbocycles. The van der Waals surface area contributed by atoms with Gasteiger partial charge in [-0.15, -0.1) is 0 Å². The maximum Gasteiger partial charge on any atom is 0.237 e. The number of pyridine rings is 1. The van der Waals surface area contributed by atoms with Crippen LogP contribution in [-0.2, 0) is 21.2 Å². The number of hydrogen-bond acceptors (Lipinski definition) is 4. The number of aromatic nitrogens is 1. The van der Waals surface area contributed by atoms with E-state index in [1.165, 1.54) is 11.8 Å². The first kappa shape index (κ1) is 15.6. The van der Waals surface area contributed by atoms with Gasteiger partial charge in [0.15, 0.2) is 0 Å². The summed E-state index contributed by atoms with van der Waals surface area (Å²) in [7, 11) is -1.66. The standard InChI is InChI=1S/C12H19N3O3S/c1-3-19(17,18)14-10-12(16)15(2)9-6-11-4-7-13-8-5-11/h4-5,7-8,14H,3,6,9-10H2,1-2H3. The van der Waals surface area contributed by atoms with E-state index in [4.69, 9.17) is 0 Å². The van der Waals surface area contributed by atoms with Crippen LogP contribution >= 0.6 is 0 Å². The number of rotatable bonds is 7. The van der Waals surface area contributed by atoms with Crippen LogP contribution in [0.15, 0.2) is 24.5 Å². The van der Waals surface area contributed by atoms with E-state index in [2.05, 4.69) is 9.71 Å². The van der Waals surface area contributed by atoms with Gasteiger partial charge in [-0.3, -0.25) is 9.78 Å². The average molecular weight is 285 g/mol. The Balaban J connectivity index is 2.37. The summed E-state index contributed by atoms with van der Waals surface area (Å²) in [6.07, 6.45) is 4.12. The highest BCUT2D eigenvalue weighted by Crippen LogP contribution is 1.99. The van der Waals surface area contributed by atoms with Gasteiger partial charge in [0.1, 0.15) is 0 Å². The minimum atomic E-state index is -3.32. The Bertz CT molecular complexity index is 502. The van der Waals surface area contributed by atoms with Crippen molar-refractivity contribution >= 4 is 15.9 Å². The zero-order chi connectivity index (χ0) is 14.3. The van der Waals surface area contributed by atoms with Crippen molar-refractivity contribution in [2.45, 2.75) is 13.3 Å². The number of nitrogens with zero attached hydrogens (tertiary/aromatic N) is 2. The van der Waals surface area contributed by atoms with Gasteiger partial charge in [0.25, 0.3) is 0 Å². The second-order valence-electron chi connectivity index (χ2n) is 4.15.